The van der Waals surface area contributed by atoms with Gasteiger partial charge in [-0.1, -0.05) is 0 Å². The molecule has 114 valence electrons. The van der Waals surface area contributed by atoms with Gasteiger partial charge in [-0.3, -0.25) is 10.1 Å². The van der Waals surface area contributed by atoms with Crippen LogP contribution >= 0.6 is 0 Å². The summed E-state index contributed by atoms with van der Waals surface area (Å²) in [6.07, 6.45) is 7.70. The summed E-state index contributed by atoms with van der Waals surface area (Å²) in [5.74, 6) is 3.32. The highest BCUT2D eigenvalue weighted by Crippen LogP contribution is 2.60. The van der Waals surface area contributed by atoms with Crippen molar-refractivity contribution in [2.45, 2.75) is 43.9 Å². The fourth-order valence-electron chi connectivity index (χ4n) is 5.63. The average Bonchev–Trinajstić information content (AvgIpc) is 2.89. The molecule has 1 aromatic heterocycles. The number of nitrogens with zero attached hydrogens (tertiary/aromatic N) is 2. The lowest BCUT2D eigenvalue weighted by molar-refractivity contribution is -0.384. The molecule has 4 bridgehead atoms. The molecule has 5 heteroatoms. The molecular formula is C17H18N2O3. The quantitative estimate of drug-likeness (QED) is 0.615. The average molecular weight is 298 g/mol. The zero-order valence-corrected chi connectivity index (χ0v) is 12.3. The minimum absolute atomic E-state index is 0.0814. The number of rotatable bonds is 2. The summed E-state index contributed by atoms with van der Waals surface area (Å²) >= 11 is 0. The second-order valence-electron chi connectivity index (χ2n) is 7.63. The molecule has 4 aliphatic rings. The van der Waals surface area contributed by atoms with Gasteiger partial charge in [0.15, 0.2) is 5.58 Å². The van der Waals surface area contributed by atoms with E-state index in [0.29, 0.717) is 11.1 Å². The largest absolute Gasteiger partial charge is 0.440 e. The zero-order valence-electron chi connectivity index (χ0n) is 12.3. The second kappa shape index (κ2) is 4.09. The number of oxazole rings is 1. The Kier molecular flexibility index (Phi) is 2.34. The lowest BCUT2D eigenvalue weighted by Crippen LogP contribution is -2.48. The van der Waals surface area contributed by atoms with Crippen molar-refractivity contribution < 1.29 is 9.34 Å². The van der Waals surface area contributed by atoms with E-state index in [1.54, 1.807) is 6.07 Å². The van der Waals surface area contributed by atoms with Crippen LogP contribution in [-0.4, -0.2) is 9.91 Å². The van der Waals surface area contributed by atoms with Crippen LogP contribution in [0.15, 0.2) is 22.6 Å². The van der Waals surface area contributed by atoms with Gasteiger partial charge in [0, 0.05) is 17.5 Å². The van der Waals surface area contributed by atoms with E-state index in [2.05, 4.69) is 4.98 Å². The number of nitro benzene ring substituents is 1. The summed E-state index contributed by atoms with van der Waals surface area (Å²) in [6, 6.07) is 4.71. The molecule has 1 heterocycles. The summed E-state index contributed by atoms with van der Waals surface area (Å²) in [7, 11) is 0. The first-order chi connectivity index (χ1) is 10.6. The van der Waals surface area contributed by atoms with E-state index in [0.717, 1.165) is 23.6 Å². The molecule has 0 radical (unpaired) electrons. The topological polar surface area (TPSA) is 69.2 Å². The van der Waals surface area contributed by atoms with Crippen molar-refractivity contribution in [1.82, 2.24) is 4.98 Å². The molecule has 5 nitrogen and oxygen atoms in total. The van der Waals surface area contributed by atoms with Crippen molar-refractivity contribution >= 4 is 16.8 Å². The van der Waals surface area contributed by atoms with E-state index in [1.807, 2.05) is 0 Å². The van der Waals surface area contributed by atoms with E-state index in [9.17, 15) is 10.1 Å². The number of non-ortho nitro benzene ring substituents is 1. The van der Waals surface area contributed by atoms with Crippen molar-refractivity contribution in [3.05, 3.63) is 34.2 Å². The molecular weight excluding hydrogens is 280 g/mol. The Morgan fingerprint density at radius 1 is 1.14 bits per heavy atom. The Morgan fingerprint density at radius 2 is 1.77 bits per heavy atom. The molecule has 0 N–H and O–H groups in total. The number of aromatic nitrogens is 1. The van der Waals surface area contributed by atoms with E-state index in [-0.39, 0.29) is 16.0 Å². The summed E-state index contributed by atoms with van der Waals surface area (Å²) < 4.78 is 6.05. The van der Waals surface area contributed by atoms with Crippen LogP contribution in [0.25, 0.3) is 11.1 Å². The minimum atomic E-state index is -0.376. The van der Waals surface area contributed by atoms with E-state index < -0.39 is 0 Å². The molecule has 2 aromatic rings. The maximum Gasteiger partial charge on any atom is 0.271 e. The summed E-state index contributed by atoms with van der Waals surface area (Å²) in [6.45, 7) is 0. The predicted molar refractivity (Wildman–Crippen MR) is 80.5 cm³/mol. The van der Waals surface area contributed by atoms with Gasteiger partial charge >= 0.3 is 0 Å². The molecule has 0 unspecified atom stereocenters. The van der Waals surface area contributed by atoms with E-state index in [4.69, 9.17) is 4.42 Å². The Bertz CT molecular complexity index is 744. The predicted octanol–water partition coefficient (Wildman–Crippen LogP) is 4.20. The standard InChI is InChI=1S/C17H18N2O3/c20-19(21)13-1-2-15-14(6-13)18-16(22-15)17-7-10-3-11(8-17)5-12(4-10)9-17/h1-2,6,10-12H,3-5,7-9H2. The maximum absolute atomic E-state index is 10.9. The summed E-state index contributed by atoms with van der Waals surface area (Å²) in [5, 5.41) is 10.9. The van der Waals surface area contributed by atoms with Crippen LogP contribution in [0.2, 0.25) is 0 Å². The van der Waals surface area contributed by atoms with Crippen LogP contribution in [0.1, 0.15) is 44.4 Å². The van der Waals surface area contributed by atoms with Gasteiger partial charge in [-0.25, -0.2) is 4.98 Å². The third kappa shape index (κ3) is 1.68. The SMILES string of the molecule is O=[N+]([O-])c1ccc2oc(C34CC5CC(CC(C5)C3)C4)nc2c1. The molecule has 0 atom stereocenters. The Morgan fingerprint density at radius 3 is 2.36 bits per heavy atom. The molecule has 0 saturated heterocycles. The smallest absolute Gasteiger partial charge is 0.271 e. The van der Waals surface area contributed by atoms with Crippen LogP contribution in [0.5, 0.6) is 0 Å². The third-order valence-electron chi connectivity index (χ3n) is 6.07. The monoisotopic (exact) mass is 298 g/mol. The summed E-state index contributed by atoms with van der Waals surface area (Å²) in [5.41, 5.74) is 1.48. The first-order valence-corrected chi connectivity index (χ1v) is 8.17. The highest BCUT2D eigenvalue weighted by Gasteiger charge is 2.54. The van der Waals surface area contributed by atoms with Crippen molar-refractivity contribution in [3.63, 3.8) is 0 Å². The number of nitro groups is 1. The molecule has 22 heavy (non-hydrogen) atoms. The van der Waals surface area contributed by atoms with Gasteiger partial charge in [-0.05, 0) is 62.3 Å². The van der Waals surface area contributed by atoms with Gasteiger partial charge < -0.3 is 4.42 Å². The Hall–Kier alpha value is -1.91. The van der Waals surface area contributed by atoms with Crippen molar-refractivity contribution in [3.8, 4) is 0 Å². The molecule has 4 saturated carbocycles. The normalized spacial score (nSPS) is 36.1. The summed E-state index contributed by atoms with van der Waals surface area (Å²) in [4.78, 5) is 15.2. The van der Waals surface area contributed by atoms with Crippen LogP contribution in [0.3, 0.4) is 0 Å². The van der Waals surface area contributed by atoms with Crippen LogP contribution in [0, 0.1) is 27.9 Å². The lowest BCUT2D eigenvalue weighted by atomic mass is 9.49. The van der Waals surface area contributed by atoms with Gasteiger partial charge in [0.05, 0.1) is 4.92 Å². The van der Waals surface area contributed by atoms with E-state index >= 15 is 0 Å². The first-order valence-electron chi connectivity index (χ1n) is 8.17. The fourth-order valence-corrected chi connectivity index (χ4v) is 5.63. The van der Waals surface area contributed by atoms with Crippen LogP contribution in [-0.2, 0) is 5.41 Å². The molecule has 6 rings (SSSR count). The van der Waals surface area contributed by atoms with Crippen molar-refractivity contribution in [2.24, 2.45) is 17.8 Å². The van der Waals surface area contributed by atoms with Gasteiger partial charge in [-0.2, -0.15) is 0 Å². The van der Waals surface area contributed by atoms with Crippen molar-refractivity contribution in [2.75, 3.05) is 0 Å². The molecule has 4 fully saturated rings. The van der Waals surface area contributed by atoms with Gasteiger partial charge in [0.25, 0.3) is 5.69 Å². The molecule has 1 aromatic carbocycles. The zero-order chi connectivity index (χ0) is 14.9. The third-order valence-corrected chi connectivity index (χ3v) is 6.07. The number of hydrogen-bond donors (Lipinski definition) is 0. The van der Waals surface area contributed by atoms with Gasteiger partial charge in [-0.15, -0.1) is 0 Å². The molecule has 0 amide bonds. The van der Waals surface area contributed by atoms with Gasteiger partial charge in [0.1, 0.15) is 5.52 Å². The molecule has 0 spiro atoms. The maximum atomic E-state index is 10.9. The first kappa shape index (κ1) is 12.6. The molecule has 0 aliphatic heterocycles. The van der Waals surface area contributed by atoms with E-state index in [1.165, 1.54) is 50.7 Å². The van der Waals surface area contributed by atoms with Gasteiger partial charge in [0.2, 0.25) is 5.89 Å². The van der Waals surface area contributed by atoms with Crippen LogP contribution in [0.4, 0.5) is 5.69 Å². The highest BCUT2D eigenvalue weighted by atomic mass is 16.6. The Labute approximate surface area is 127 Å². The highest BCUT2D eigenvalue weighted by molar-refractivity contribution is 5.75. The lowest BCUT2D eigenvalue weighted by Gasteiger charge is -2.55. The van der Waals surface area contributed by atoms with Crippen LogP contribution < -0.4 is 0 Å². The second-order valence-corrected chi connectivity index (χ2v) is 7.63. The fraction of sp³-hybridized carbons (Fsp3) is 0.588. The minimum Gasteiger partial charge on any atom is -0.440 e. The Balaban J connectivity index is 1.60. The number of benzene rings is 1. The van der Waals surface area contributed by atoms with Crippen molar-refractivity contribution in [1.29, 1.82) is 0 Å². The number of hydrogen-bond acceptors (Lipinski definition) is 4. The number of fused-ring (bicyclic) bond motifs is 1. The molecule has 4 aliphatic carbocycles.